The summed E-state index contributed by atoms with van der Waals surface area (Å²) in [4.78, 5) is 18.8. The van der Waals surface area contributed by atoms with Crippen molar-refractivity contribution in [2.24, 2.45) is 0 Å². The summed E-state index contributed by atoms with van der Waals surface area (Å²) in [5, 5.41) is -1.06. The minimum atomic E-state index is -4.34. The smallest absolute Gasteiger partial charge is 0.335 e. The van der Waals surface area contributed by atoms with E-state index in [0.29, 0.717) is 13.0 Å². The molecule has 0 aromatic rings. The van der Waals surface area contributed by atoms with Gasteiger partial charge in [-0.2, -0.15) is 0 Å². The molecule has 2 N–H and O–H groups in total. The third-order valence-corrected chi connectivity index (χ3v) is 7.96. The molecule has 0 fully saturated rings. The quantitative estimate of drug-likeness (QED) is 0.291. The summed E-state index contributed by atoms with van der Waals surface area (Å²) in [6.45, 7) is 8.39. The van der Waals surface area contributed by atoms with Crippen LogP contribution in [0.1, 0.15) is 59.8 Å². The third kappa shape index (κ3) is 11.9. The van der Waals surface area contributed by atoms with Gasteiger partial charge in [0.15, 0.2) is 0 Å². The Kier molecular flexibility index (Phi) is 12.1. The molecular weight excluding hydrogens is 334 g/mol. The van der Waals surface area contributed by atoms with Gasteiger partial charge in [-0.25, -0.2) is 0 Å². The third-order valence-electron chi connectivity index (χ3n) is 3.49. The van der Waals surface area contributed by atoms with Gasteiger partial charge in [0, 0.05) is 6.61 Å². The lowest BCUT2D eigenvalue weighted by molar-refractivity contribution is 0.193. The summed E-state index contributed by atoms with van der Waals surface area (Å²) in [6, 6.07) is 0. The molecule has 0 radical (unpaired) electrons. The van der Waals surface area contributed by atoms with Crippen LogP contribution in [0.4, 0.5) is 0 Å². The first-order chi connectivity index (χ1) is 10.7. The molecule has 2 unspecified atom stereocenters. The molecule has 0 aliphatic carbocycles. The monoisotopic (exact) mass is 366 g/mol. The number of hydrogen-bond acceptors (Lipinski definition) is 3. The van der Waals surface area contributed by atoms with Crippen molar-refractivity contribution < 1.29 is 23.7 Å². The number of allylic oxidation sites excluding steroid dienone is 4. The molecular formula is C16H32O5P2. The van der Waals surface area contributed by atoms with Crippen LogP contribution in [0.3, 0.4) is 0 Å². The average Bonchev–Trinajstić information content (AvgIpc) is 2.42. The van der Waals surface area contributed by atoms with E-state index >= 15 is 0 Å². The minimum Gasteiger partial charge on any atom is -0.374 e. The van der Waals surface area contributed by atoms with Gasteiger partial charge in [-0.1, -0.05) is 23.3 Å². The molecule has 2 atom stereocenters. The highest BCUT2D eigenvalue weighted by Gasteiger charge is 2.33. The lowest BCUT2D eigenvalue weighted by Gasteiger charge is -2.17. The maximum absolute atomic E-state index is 12.0. The standard InChI is InChI=1S/C16H32O5P2/c1-5-21-13-22(17)16(23(18,19)20)12-7-6-10-15(4)11-8-9-14(2)3/h9-10,16,22H,5-8,11-13H2,1-4H3,(H2,18,19,20)/b15-10-. The molecule has 0 bridgehead atoms. The van der Waals surface area contributed by atoms with Gasteiger partial charge in [0.1, 0.15) is 13.2 Å². The van der Waals surface area contributed by atoms with E-state index in [9.17, 15) is 18.9 Å². The highest BCUT2D eigenvalue weighted by molar-refractivity contribution is 7.67. The average molecular weight is 366 g/mol. The van der Waals surface area contributed by atoms with Gasteiger partial charge in [0.25, 0.3) is 0 Å². The Balaban J connectivity index is 4.34. The van der Waals surface area contributed by atoms with Gasteiger partial charge in [-0.05, 0) is 59.8 Å². The summed E-state index contributed by atoms with van der Waals surface area (Å²) < 4.78 is 28.6. The first-order valence-corrected chi connectivity index (χ1v) is 11.5. The van der Waals surface area contributed by atoms with E-state index in [1.54, 1.807) is 6.92 Å². The Bertz CT molecular complexity index is 461. The molecule has 5 nitrogen and oxygen atoms in total. The second-order valence-electron chi connectivity index (χ2n) is 6.01. The first-order valence-electron chi connectivity index (χ1n) is 8.13. The number of ether oxygens (including phenoxy) is 1. The molecule has 0 aromatic carbocycles. The molecule has 0 heterocycles. The van der Waals surface area contributed by atoms with Crippen LogP contribution in [0.25, 0.3) is 0 Å². The molecule has 136 valence electrons. The fourth-order valence-corrected chi connectivity index (χ4v) is 5.53. The SMILES string of the molecule is CCOC[PH](=O)C(CCC/C=C(/C)CCC=C(C)C)P(=O)(O)O. The molecule has 0 aromatic heterocycles. The summed E-state index contributed by atoms with van der Waals surface area (Å²) in [6.07, 6.45) is 7.91. The van der Waals surface area contributed by atoms with Crippen LogP contribution >= 0.6 is 15.4 Å². The second kappa shape index (κ2) is 12.2. The molecule has 0 saturated carbocycles. The van der Waals surface area contributed by atoms with Crippen molar-refractivity contribution in [2.75, 3.05) is 13.0 Å². The fraction of sp³-hybridized carbons (Fsp3) is 0.750. The highest BCUT2D eigenvalue weighted by Crippen LogP contribution is 2.55. The Morgan fingerprint density at radius 1 is 1.22 bits per heavy atom. The van der Waals surface area contributed by atoms with E-state index in [-0.39, 0.29) is 12.8 Å². The lowest BCUT2D eigenvalue weighted by Crippen LogP contribution is -2.06. The minimum absolute atomic E-state index is 0.0471. The van der Waals surface area contributed by atoms with Crippen molar-refractivity contribution in [3.05, 3.63) is 23.3 Å². The fourth-order valence-electron chi connectivity index (χ4n) is 2.17. The van der Waals surface area contributed by atoms with Crippen molar-refractivity contribution in [2.45, 2.75) is 65.2 Å². The van der Waals surface area contributed by atoms with Crippen LogP contribution < -0.4 is 0 Å². The van der Waals surface area contributed by atoms with E-state index in [0.717, 1.165) is 19.3 Å². The van der Waals surface area contributed by atoms with Crippen molar-refractivity contribution in [1.82, 2.24) is 0 Å². The van der Waals surface area contributed by atoms with E-state index in [2.05, 4.69) is 32.9 Å². The zero-order valence-electron chi connectivity index (χ0n) is 14.7. The number of unbranched alkanes of at least 4 members (excludes halogenated alkanes) is 1. The van der Waals surface area contributed by atoms with E-state index in [4.69, 9.17) is 4.74 Å². The summed E-state index contributed by atoms with van der Waals surface area (Å²) in [5.74, 6) is 0. The van der Waals surface area contributed by atoms with Gasteiger partial charge in [0.2, 0.25) is 0 Å². The first kappa shape index (κ1) is 22.8. The second-order valence-corrected chi connectivity index (χ2v) is 10.2. The molecule has 0 amide bonds. The molecule has 0 saturated heterocycles. The largest absolute Gasteiger partial charge is 0.374 e. The zero-order valence-corrected chi connectivity index (χ0v) is 16.6. The zero-order chi connectivity index (χ0) is 17.9. The van der Waals surface area contributed by atoms with Crippen molar-refractivity contribution in [1.29, 1.82) is 0 Å². The molecule has 0 spiro atoms. The van der Waals surface area contributed by atoms with Crippen molar-refractivity contribution in [3.8, 4) is 0 Å². The van der Waals surface area contributed by atoms with Crippen LogP contribution in [0.15, 0.2) is 23.3 Å². The summed E-state index contributed by atoms with van der Waals surface area (Å²) in [5.41, 5.74) is 2.58. The molecule has 7 heteroatoms. The van der Waals surface area contributed by atoms with E-state index in [1.807, 2.05) is 0 Å². The van der Waals surface area contributed by atoms with Crippen LogP contribution in [0, 0.1) is 0 Å². The predicted molar refractivity (Wildman–Crippen MR) is 97.6 cm³/mol. The van der Waals surface area contributed by atoms with Crippen LogP contribution in [-0.4, -0.2) is 28.1 Å². The summed E-state index contributed by atoms with van der Waals surface area (Å²) in [7, 11) is -6.78. The van der Waals surface area contributed by atoms with Crippen LogP contribution in [-0.2, 0) is 13.9 Å². The van der Waals surface area contributed by atoms with Crippen molar-refractivity contribution in [3.63, 3.8) is 0 Å². The Morgan fingerprint density at radius 3 is 2.39 bits per heavy atom. The van der Waals surface area contributed by atoms with Gasteiger partial charge in [-0.15, -0.1) is 0 Å². The Labute approximate surface area is 141 Å². The van der Waals surface area contributed by atoms with Gasteiger partial charge in [-0.3, -0.25) is 4.57 Å². The molecule has 0 rings (SSSR count). The topological polar surface area (TPSA) is 83.8 Å². The Morgan fingerprint density at radius 2 is 1.87 bits per heavy atom. The summed E-state index contributed by atoms with van der Waals surface area (Å²) >= 11 is 0. The van der Waals surface area contributed by atoms with Gasteiger partial charge >= 0.3 is 7.60 Å². The van der Waals surface area contributed by atoms with Crippen molar-refractivity contribution >= 4 is 15.4 Å². The van der Waals surface area contributed by atoms with Crippen LogP contribution in [0.2, 0.25) is 0 Å². The highest BCUT2D eigenvalue weighted by atomic mass is 31.2. The van der Waals surface area contributed by atoms with E-state index in [1.165, 1.54) is 11.1 Å². The van der Waals surface area contributed by atoms with E-state index < -0.39 is 20.8 Å². The lowest BCUT2D eigenvalue weighted by atomic mass is 10.1. The maximum Gasteiger partial charge on any atom is 0.335 e. The predicted octanol–water partition coefficient (Wildman–Crippen LogP) is 4.91. The van der Waals surface area contributed by atoms with Gasteiger partial charge in [0.05, 0.1) is 6.35 Å². The molecule has 23 heavy (non-hydrogen) atoms. The normalized spacial score (nSPS) is 15.3. The van der Waals surface area contributed by atoms with Gasteiger partial charge < -0.3 is 19.1 Å². The number of rotatable bonds is 12. The number of hydrogen-bond donors (Lipinski definition) is 2. The molecule has 0 aliphatic rings. The molecule has 0 aliphatic heterocycles. The maximum atomic E-state index is 12.0. The Hall–Kier alpha value is -0.180. The van der Waals surface area contributed by atoms with Crippen LogP contribution in [0.5, 0.6) is 0 Å².